The van der Waals surface area contributed by atoms with Crippen molar-refractivity contribution in [2.75, 3.05) is 5.73 Å². The minimum atomic E-state index is -0.502. The second-order valence-corrected chi connectivity index (χ2v) is 2.25. The Morgan fingerprint density at radius 2 is 2.00 bits per heavy atom. The number of hydrogen-bond acceptors (Lipinski definition) is 2. The van der Waals surface area contributed by atoms with Gasteiger partial charge in [-0.3, -0.25) is 0 Å². The predicted octanol–water partition coefficient (Wildman–Crippen LogP) is 0.313. The molecule has 0 fully saturated rings. The van der Waals surface area contributed by atoms with Crippen molar-refractivity contribution in [3.05, 3.63) is 24.0 Å². The van der Waals surface area contributed by atoms with Crippen LogP contribution in [0.5, 0.6) is 0 Å². The second-order valence-electron chi connectivity index (χ2n) is 2.25. The van der Waals surface area contributed by atoms with Crippen LogP contribution < -0.4 is 17.2 Å². The molecule has 1 aromatic rings. The van der Waals surface area contributed by atoms with E-state index in [0.717, 1.165) is 0 Å². The highest BCUT2D eigenvalue weighted by atomic mass is 19.1. The van der Waals surface area contributed by atoms with Gasteiger partial charge in [-0.25, -0.2) is 9.38 Å². The van der Waals surface area contributed by atoms with Crippen LogP contribution in [0.4, 0.5) is 15.8 Å². The van der Waals surface area contributed by atoms with E-state index in [2.05, 4.69) is 4.99 Å². The van der Waals surface area contributed by atoms with Gasteiger partial charge in [-0.2, -0.15) is 0 Å². The zero-order chi connectivity index (χ0) is 9.14. The lowest BCUT2D eigenvalue weighted by molar-refractivity contribution is 0.630. The van der Waals surface area contributed by atoms with Crippen LogP contribution in [0.25, 0.3) is 0 Å². The van der Waals surface area contributed by atoms with Gasteiger partial charge >= 0.3 is 0 Å². The normalized spacial score (nSPS) is 9.42. The van der Waals surface area contributed by atoms with E-state index >= 15 is 0 Å². The highest BCUT2D eigenvalue weighted by Crippen LogP contribution is 2.19. The molecule has 0 unspecified atom stereocenters. The summed E-state index contributed by atoms with van der Waals surface area (Å²) in [5.74, 6) is -0.697. The number of nitrogens with two attached hydrogens (primary N) is 3. The Morgan fingerprint density at radius 1 is 1.33 bits per heavy atom. The van der Waals surface area contributed by atoms with Crippen molar-refractivity contribution in [2.24, 2.45) is 16.5 Å². The van der Waals surface area contributed by atoms with Crippen molar-refractivity contribution in [2.45, 2.75) is 0 Å². The fraction of sp³-hybridized carbons (Fsp3) is 0. The molecule has 0 spiro atoms. The SMILES string of the molecule is NC(N)=Nc1cc(N)ccc1F. The summed E-state index contributed by atoms with van der Waals surface area (Å²) in [7, 11) is 0. The molecule has 0 aromatic heterocycles. The zero-order valence-corrected chi connectivity index (χ0v) is 6.29. The van der Waals surface area contributed by atoms with Crippen molar-refractivity contribution in [1.29, 1.82) is 0 Å². The number of halogens is 1. The number of hydrogen-bond donors (Lipinski definition) is 3. The van der Waals surface area contributed by atoms with Gasteiger partial charge in [0.15, 0.2) is 5.96 Å². The molecule has 6 N–H and O–H groups in total. The van der Waals surface area contributed by atoms with Gasteiger partial charge in [0.05, 0.1) is 0 Å². The van der Waals surface area contributed by atoms with E-state index in [1.54, 1.807) is 0 Å². The highest BCUT2D eigenvalue weighted by Gasteiger charge is 1.99. The molecular weight excluding hydrogens is 159 g/mol. The molecule has 0 radical (unpaired) electrons. The van der Waals surface area contributed by atoms with Crippen LogP contribution in [-0.2, 0) is 0 Å². The Hall–Kier alpha value is -1.78. The van der Waals surface area contributed by atoms with Crippen molar-refractivity contribution in [1.82, 2.24) is 0 Å². The minimum Gasteiger partial charge on any atom is -0.399 e. The van der Waals surface area contributed by atoms with Gasteiger partial charge in [-0.05, 0) is 18.2 Å². The first-order valence-corrected chi connectivity index (χ1v) is 3.24. The summed E-state index contributed by atoms with van der Waals surface area (Å²) in [6.07, 6.45) is 0. The Morgan fingerprint density at radius 3 is 2.58 bits per heavy atom. The summed E-state index contributed by atoms with van der Waals surface area (Å²) >= 11 is 0. The lowest BCUT2D eigenvalue weighted by Gasteiger charge is -1.98. The van der Waals surface area contributed by atoms with Gasteiger partial charge < -0.3 is 17.2 Å². The molecule has 5 heteroatoms. The van der Waals surface area contributed by atoms with Crippen LogP contribution in [0, 0.1) is 5.82 Å². The predicted molar refractivity (Wildman–Crippen MR) is 46.3 cm³/mol. The third-order valence-corrected chi connectivity index (χ3v) is 1.22. The quantitative estimate of drug-likeness (QED) is 0.320. The molecule has 1 aromatic carbocycles. The van der Waals surface area contributed by atoms with Crippen LogP contribution in [0.3, 0.4) is 0 Å². The van der Waals surface area contributed by atoms with E-state index in [1.807, 2.05) is 0 Å². The van der Waals surface area contributed by atoms with E-state index in [1.165, 1.54) is 18.2 Å². The van der Waals surface area contributed by atoms with Gasteiger partial charge in [0.2, 0.25) is 0 Å². The zero-order valence-electron chi connectivity index (χ0n) is 6.29. The van der Waals surface area contributed by atoms with Crippen LogP contribution >= 0.6 is 0 Å². The first kappa shape index (κ1) is 8.32. The first-order chi connectivity index (χ1) is 5.59. The van der Waals surface area contributed by atoms with E-state index in [0.29, 0.717) is 5.69 Å². The van der Waals surface area contributed by atoms with Crippen molar-refractivity contribution in [3.8, 4) is 0 Å². The molecule has 0 aliphatic heterocycles. The molecule has 0 heterocycles. The second kappa shape index (κ2) is 3.08. The van der Waals surface area contributed by atoms with Gasteiger partial charge in [-0.15, -0.1) is 0 Å². The fourth-order valence-corrected chi connectivity index (χ4v) is 0.754. The molecule has 0 aliphatic rings. The minimum absolute atomic E-state index is 0.0509. The molecule has 4 nitrogen and oxygen atoms in total. The van der Waals surface area contributed by atoms with Crippen molar-refractivity contribution in [3.63, 3.8) is 0 Å². The summed E-state index contributed by atoms with van der Waals surface area (Å²) in [6, 6.07) is 3.99. The van der Waals surface area contributed by atoms with Crippen LogP contribution in [-0.4, -0.2) is 5.96 Å². The Bertz CT molecular complexity index is 317. The Labute approximate surface area is 68.9 Å². The number of guanidine groups is 1. The Balaban J connectivity index is 3.14. The molecule has 0 saturated heterocycles. The average molecular weight is 168 g/mol. The van der Waals surface area contributed by atoms with Gasteiger partial charge in [0.25, 0.3) is 0 Å². The number of nitrogen functional groups attached to an aromatic ring is 1. The number of nitrogens with zero attached hydrogens (tertiary/aromatic N) is 1. The summed E-state index contributed by atoms with van der Waals surface area (Å²) in [6.45, 7) is 0. The monoisotopic (exact) mass is 168 g/mol. The molecule has 64 valence electrons. The largest absolute Gasteiger partial charge is 0.399 e. The molecule has 0 saturated carbocycles. The van der Waals surface area contributed by atoms with Gasteiger partial charge in [-0.1, -0.05) is 0 Å². The number of rotatable bonds is 1. The maximum Gasteiger partial charge on any atom is 0.191 e. The van der Waals surface area contributed by atoms with Gasteiger partial charge in [0.1, 0.15) is 11.5 Å². The molecule has 0 amide bonds. The maximum atomic E-state index is 12.9. The molecular formula is C7H9FN4. The average Bonchev–Trinajstić information content (AvgIpc) is 1.96. The van der Waals surface area contributed by atoms with Crippen LogP contribution in [0.15, 0.2) is 23.2 Å². The third-order valence-electron chi connectivity index (χ3n) is 1.22. The molecule has 0 bridgehead atoms. The maximum absolute atomic E-state index is 12.9. The summed E-state index contributed by atoms with van der Waals surface area (Å²) < 4.78 is 12.9. The standard InChI is InChI=1S/C7H9FN4/c8-5-2-1-4(9)3-6(5)12-7(10)11/h1-3H,9H2,(H4,10,11,12). The topological polar surface area (TPSA) is 90.4 Å². The smallest absolute Gasteiger partial charge is 0.191 e. The molecule has 0 aliphatic carbocycles. The third kappa shape index (κ3) is 1.85. The first-order valence-electron chi connectivity index (χ1n) is 3.24. The summed E-state index contributed by atoms with van der Waals surface area (Å²) in [5.41, 5.74) is 16.0. The van der Waals surface area contributed by atoms with Crippen LogP contribution in [0.2, 0.25) is 0 Å². The molecule has 1 rings (SSSR count). The van der Waals surface area contributed by atoms with Crippen molar-refractivity contribution >= 4 is 17.3 Å². The van der Waals surface area contributed by atoms with E-state index in [4.69, 9.17) is 17.2 Å². The van der Waals surface area contributed by atoms with Crippen LogP contribution in [0.1, 0.15) is 0 Å². The van der Waals surface area contributed by atoms with E-state index in [9.17, 15) is 4.39 Å². The number of benzene rings is 1. The lowest BCUT2D eigenvalue weighted by atomic mass is 10.3. The number of anilines is 1. The highest BCUT2D eigenvalue weighted by molar-refractivity contribution is 5.79. The lowest BCUT2D eigenvalue weighted by Crippen LogP contribution is -2.22. The van der Waals surface area contributed by atoms with Gasteiger partial charge in [0, 0.05) is 5.69 Å². The summed E-state index contributed by atoms with van der Waals surface area (Å²) in [5, 5.41) is 0. The Kier molecular flexibility index (Phi) is 2.14. The summed E-state index contributed by atoms with van der Waals surface area (Å²) in [4.78, 5) is 3.54. The number of aliphatic imine (C=N–C) groups is 1. The molecule has 12 heavy (non-hydrogen) atoms. The molecule has 0 atom stereocenters. The van der Waals surface area contributed by atoms with E-state index in [-0.39, 0.29) is 11.6 Å². The fourth-order valence-electron chi connectivity index (χ4n) is 0.754. The van der Waals surface area contributed by atoms with E-state index < -0.39 is 5.82 Å². The van der Waals surface area contributed by atoms with Crippen molar-refractivity contribution < 1.29 is 4.39 Å².